The average Bonchev–Trinajstić information content (AvgIpc) is 2.04. The van der Waals surface area contributed by atoms with Crippen LogP contribution in [0.5, 0.6) is 0 Å². The lowest BCUT2D eigenvalue weighted by molar-refractivity contribution is 0.210. The molecule has 1 unspecified atom stereocenters. The molecule has 1 heterocycles. The highest BCUT2D eigenvalue weighted by Crippen LogP contribution is 2.22. The third-order valence-electron chi connectivity index (χ3n) is 2.79. The standard InChI is InChI=1S/C11H21N/c1-9(2)11-6-5-7-12(8-11)10(3)4/h5,7,9-11H,6,8H2,1-4H3. The zero-order valence-electron chi connectivity index (χ0n) is 8.75. The monoisotopic (exact) mass is 167 g/mol. The van der Waals surface area contributed by atoms with Crippen LogP contribution in [0.3, 0.4) is 0 Å². The van der Waals surface area contributed by atoms with Crippen molar-refractivity contribution in [1.82, 2.24) is 4.90 Å². The molecule has 70 valence electrons. The van der Waals surface area contributed by atoms with Gasteiger partial charge in [-0.2, -0.15) is 0 Å². The molecule has 1 atom stereocenters. The van der Waals surface area contributed by atoms with Crippen LogP contribution in [0.25, 0.3) is 0 Å². The van der Waals surface area contributed by atoms with Crippen molar-refractivity contribution in [2.75, 3.05) is 6.54 Å². The van der Waals surface area contributed by atoms with E-state index >= 15 is 0 Å². The van der Waals surface area contributed by atoms with E-state index in [2.05, 4.69) is 44.9 Å². The molecule has 0 bridgehead atoms. The summed E-state index contributed by atoms with van der Waals surface area (Å²) in [5, 5.41) is 0. The molecule has 12 heavy (non-hydrogen) atoms. The second kappa shape index (κ2) is 3.97. The van der Waals surface area contributed by atoms with Gasteiger partial charge in [0.25, 0.3) is 0 Å². The van der Waals surface area contributed by atoms with E-state index < -0.39 is 0 Å². The van der Waals surface area contributed by atoms with E-state index in [-0.39, 0.29) is 0 Å². The molecule has 0 amide bonds. The zero-order chi connectivity index (χ0) is 9.14. The van der Waals surface area contributed by atoms with Gasteiger partial charge in [-0.05, 0) is 38.3 Å². The molecule has 0 N–H and O–H groups in total. The molecule has 0 aromatic carbocycles. The van der Waals surface area contributed by atoms with E-state index in [0.717, 1.165) is 11.8 Å². The maximum Gasteiger partial charge on any atom is 0.0227 e. The van der Waals surface area contributed by atoms with Gasteiger partial charge in [0.05, 0.1) is 0 Å². The predicted octanol–water partition coefficient (Wildman–Crippen LogP) is 2.89. The largest absolute Gasteiger partial charge is 0.375 e. The van der Waals surface area contributed by atoms with Crippen LogP contribution in [0.1, 0.15) is 34.1 Å². The van der Waals surface area contributed by atoms with Gasteiger partial charge in [0.15, 0.2) is 0 Å². The summed E-state index contributed by atoms with van der Waals surface area (Å²) in [4.78, 5) is 2.44. The molecule has 0 radical (unpaired) electrons. The van der Waals surface area contributed by atoms with Gasteiger partial charge in [0, 0.05) is 12.6 Å². The Morgan fingerprint density at radius 3 is 2.42 bits per heavy atom. The Balaban J connectivity index is 2.51. The van der Waals surface area contributed by atoms with E-state index in [1.807, 2.05) is 0 Å². The minimum absolute atomic E-state index is 0.655. The molecule has 0 saturated heterocycles. The SMILES string of the molecule is CC(C)C1CC=CN(C(C)C)C1. The van der Waals surface area contributed by atoms with Crippen molar-refractivity contribution in [3.05, 3.63) is 12.3 Å². The van der Waals surface area contributed by atoms with E-state index in [1.54, 1.807) is 0 Å². The minimum atomic E-state index is 0.655. The van der Waals surface area contributed by atoms with Gasteiger partial charge in [-0.25, -0.2) is 0 Å². The fraction of sp³-hybridized carbons (Fsp3) is 0.818. The van der Waals surface area contributed by atoms with Crippen molar-refractivity contribution in [2.24, 2.45) is 11.8 Å². The van der Waals surface area contributed by atoms with Gasteiger partial charge in [-0.15, -0.1) is 0 Å². The highest BCUT2D eigenvalue weighted by molar-refractivity contribution is 4.93. The van der Waals surface area contributed by atoms with Crippen LogP contribution in [-0.4, -0.2) is 17.5 Å². The summed E-state index contributed by atoms with van der Waals surface area (Å²) in [6.45, 7) is 10.4. The number of hydrogen-bond acceptors (Lipinski definition) is 1. The maximum atomic E-state index is 2.44. The van der Waals surface area contributed by atoms with Gasteiger partial charge < -0.3 is 4.90 Å². The fourth-order valence-corrected chi connectivity index (χ4v) is 1.64. The van der Waals surface area contributed by atoms with Crippen LogP contribution in [0, 0.1) is 11.8 Å². The molecule has 1 nitrogen and oxygen atoms in total. The van der Waals surface area contributed by atoms with E-state index in [1.165, 1.54) is 13.0 Å². The van der Waals surface area contributed by atoms with Gasteiger partial charge in [-0.1, -0.05) is 19.9 Å². The molecule has 0 saturated carbocycles. The van der Waals surface area contributed by atoms with Crippen LogP contribution >= 0.6 is 0 Å². The third kappa shape index (κ3) is 2.26. The molecular weight excluding hydrogens is 146 g/mol. The number of allylic oxidation sites excluding steroid dienone is 1. The summed E-state index contributed by atoms with van der Waals surface area (Å²) in [6, 6.07) is 0.655. The van der Waals surface area contributed by atoms with Crippen molar-refractivity contribution in [1.29, 1.82) is 0 Å². The van der Waals surface area contributed by atoms with E-state index in [4.69, 9.17) is 0 Å². The van der Waals surface area contributed by atoms with E-state index in [9.17, 15) is 0 Å². The van der Waals surface area contributed by atoms with Crippen molar-refractivity contribution >= 4 is 0 Å². The summed E-state index contributed by atoms with van der Waals surface area (Å²) in [5.74, 6) is 1.67. The van der Waals surface area contributed by atoms with Crippen molar-refractivity contribution < 1.29 is 0 Å². The highest BCUT2D eigenvalue weighted by Gasteiger charge is 2.19. The molecule has 0 spiro atoms. The molecule has 0 aromatic heterocycles. The summed E-state index contributed by atoms with van der Waals surface area (Å²) in [7, 11) is 0. The van der Waals surface area contributed by atoms with Crippen LogP contribution in [0.4, 0.5) is 0 Å². The van der Waals surface area contributed by atoms with Crippen LogP contribution in [0.15, 0.2) is 12.3 Å². The Morgan fingerprint density at radius 1 is 1.25 bits per heavy atom. The van der Waals surface area contributed by atoms with Crippen LogP contribution in [0.2, 0.25) is 0 Å². The molecule has 1 heteroatoms. The van der Waals surface area contributed by atoms with Gasteiger partial charge in [0.1, 0.15) is 0 Å². The summed E-state index contributed by atoms with van der Waals surface area (Å²) >= 11 is 0. The Morgan fingerprint density at radius 2 is 1.92 bits per heavy atom. The first-order valence-corrected chi connectivity index (χ1v) is 5.03. The normalized spacial score (nSPS) is 24.2. The van der Waals surface area contributed by atoms with Crippen molar-refractivity contribution in [3.63, 3.8) is 0 Å². The highest BCUT2D eigenvalue weighted by atomic mass is 15.1. The molecule has 0 fully saturated rings. The lowest BCUT2D eigenvalue weighted by Gasteiger charge is -2.34. The Kier molecular flexibility index (Phi) is 3.19. The van der Waals surface area contributed by atoms with Gasteiger partial charge >= 0.3 is 0 Å². The quantitative estimate of drug-likeness (QED) is 0.611. The fourth-order valence-electron chi connectivity index (χ4n) is 1.64. The Bertz CT molecular complexity index is 158. The first-order chi connectivity index (χ1) is 5.61. The first-order valence-electron chi connectivity index (χ1n) is 5.03. The molecule has 1 aliphatic heterocycles. The lowest BCUT2D eigenvalue weighted by atomic mass is 9.90. The second-order valence-electron chi connectivity index (χ2n) is 4.42. The van der Waals surface area contributed by atoms with Crippen LogP contribution < -0.4 is 0 Å². The number of rotatable bonds is 2. The van der Waals surface area contributed by atoms with Gasteiger partial charge in [0.2, 0.25) is 0 Å². The Labute approximate surface area is 76.5 Å². The summed E-state index contributed by atoms with van der Waals surface area (Å²) < 4.78 is 0. The molecule has 1 aliphatic rings. The van der Waals surface area contributed by atoms with E-state index in [0.29, 0.717) is 6.04 Å². The first kappa shape index (κ1) is 9.63. The minimum Gasteiger partial charge on any atom is -0.375 e. The second-order valence-corrected chi connectivity index (χ2v) is 4.42. The van der Waals surface area contributed by atoms with Crippen molar-refractivity contribution in [3.8, 4) is 0 Å². The zero-order valence-corrected chi connectivity index (χ0v) is 8.75. The number of nitrogens with zero attached hydrogens (tertiary/aromatic N) is 1. The maximum absolute atomic E-state index is 2.44. The topological polar surface area (TPSA) is 3.24 Å². The number of hydrogen-bond donors (Lipinski definition) is 0. The van der Waals surface area contributed by atoms with Gasteiger partial charge in [-0.3, -0.25) is 0 Å². The average molecular weight is 167 g/mol. The predicted molar refractivity (Wildman–Crippen MR) is 53.9 cm³/mol. The Hall–Kier alpha value is -0.460. The molecule has 1 rings (SSSR count). The summed E-state index contributed by atoms with van der Waals surface area (Å²) in [5.41, 5.74) is 0. The lowest BCUT2D eigenvalue weighted by Crippen LogP contribution is -2.35. The summed E-state index contributed by atoms with van der Waals surface area (Å²) in [6.07, 6.45) is 5.83. The molecule has 0 aliphatic carbocycles. The third-order valence-corrected chi connectivity index (χ3v) is 2.79. The molecular formula is C11H21N. The van der Waals surface area contributed by atoms with Crippen molar-refractivity contribution in [2.45, 2.75) is 40.2 Å². The van der Waals surface area contributed by atoms with Crippen LogP contribution in [-0.2, 0) is 0 Å². The smallest absolute Gasteiger partial charge is 0.0227 e. The molecule has 0 aromatic rings.